The van der Waals surface area contributed by atoms with Crippen molar-refractivity contribution in [3.63, 3.8) is 0 Å². The van der Waals surface area contributed by atoms with E-state index in [4.69, 9.17) is 23.4 Å². The number of hydrogen-bond acceptors (Lipinski definition) is 4. The Morgan fingerprint density at radius 2 is 1.89 bits per heavy atom. The summed E-state index contributed by atoms with van der Waals surface area (Å²) in [6, 6.07) is 17.7. The number of nitrogens with zero attached hydrogens (tertiary/aromatic N) is 1. The molecule has 2 aromatic rings. The smallest absolute Gasteiger partial charge is 0.266 e. The molecular formula is C22H19NO2S2. The van der Waals surface area contributed by atoms with Crippen molar-refractivity contribution < 1.29 is 9.53 Å². The fourth-order valence-electron chi connectivity index (χ4n) is 2.72. The van der Waals surface area contributed by atoms with Crippen LogP contribution in [0.5, 0.6) is 5.75 Å². The lowest BCUT2D eigenvalue weighted by molar-refractivity contribution is -0.122. The molecule has 1 aliphatic heterocycles. The van der Waals surface area contributed by atoms with Gasteiger partial charge in [-0.3, -0.25) is 9.69 Å². The van der Waals surface area contributed by atoms with Crippen molar-refractivity contribution in [1.29, 1.82) is 0 Å². The van der Waals surface area contributed by atoms with Crippen molar-refractivity contribution in [3.8, 4) is 18.1 Å². The Morgan fingerprint density at radius 3 is 2.59 bits per heavy atom. The number of carbonyl (C=O) groups excluding carboxylic acids is 1. The number of terminal acetylenes is 1. The zero-order valence-corrected chi connectivity index (χ0v) is 16.4. The molecule has 27 heavy (non-hydrogen) atoms. The van der Waals surface area contributed by atoms with Gasteiger partial charge in [-0.25, -0.2) is 0 Å². The number of benzene rings is 2. The molecule has 0 atom stereocenters. The number of hydrogen-bond donors (Lipinski definition) is 0. The molecule has 2 aromatic carbocycles. The topological polar surface area (TPSA) is 29.5 Å². The van der Waals surface area contributed by atoms with E-state index < -0.39 is 0 Å². The standard InChI is InChI=1S/C22H19NO2S2/c1-2-15-25-19-12-10-18(11-13-19)16-20-21(24)23(22(26)27-20)14-6-9-17-7-4-3-5-8-17/h1,3-5,7-8,10-13,16H,6,9,14-15H2/b20-16-. The Labute approximate surface area is 169 Å². The number of amides is 1. The summed E-state index contributed by atoms with van der Waals surface area (Å²) in [5, 5.41) is 0. The highest BCUT2D eigenvalue weighted by Crippen LogP contribution is 2.33. The molecule has 0 N–H and O–H groups in total. The van der Waals surface area contributed by atoms with Gasteiger partial charge in [-0.1, -0.05) is 72.4 Å². The van der Waals surface area contributed by atoms with E-state index in [0.717, 1.165) is 18.4 Å². The van der Waals surface area contributed by atoms with E-state index in [-0.39, 0.29) is 12.5 Å². The largest absolute Gasteiger partial charge is 0.481 e. The first-order valence-electron chi connectivity index (χ1n) is 8.63. The molecule has 1 fully saturated rings. The van der Waals surface area contributed by atoms with Gasteiger partial charge >= 0.3 is 0 Å². The second-order valence-electron chi connectivity index (χ2n) is 5.98. The molecule has 0 spiro atoms. The summed E-state index contributed by atoms with van der Waals surface area (Å²) < 4.78 is 5.98. The van der Waals surface area contributed by atoms with Crippen LogP contribution in [-0.4, -0.2) is 28.3 Å². The predicted molar refractivity (Wildman–Crippen MR) is 115 cm³/mol. The maximum Gasteiger partial charge on any atom is 0.266 e. The minimum absolute atomic E-state index is 0.0225. The minimum atomic E-state index is -0.0225. The van der Waals surface area contributed by atoms with Gasteiger partial charge in [-0.15, -0.1) is 6.42 Å². The van der Waals surface area contributed by atoms with E-state index in [1.807, 2.05) is 48.5 Å². The van der Waals surface area contributed by atoms with E-state index in [0.29, 0.717) is 21.5 Å². The van der Waals surface area contributed by atoms with Gasteiger partial charge in [0, 0.05) is 6.54 Å². The second kappa shape index (κ2) is 9.40. The van der Waals surface area contributed by atoms with Crippen molar-refractivity contribution in [3.05, 3.63) is 70.6 Å². The average Bonchev–Trinajstić information content (AvgIpc) is 2.95. The zero-order valence-electron chi connectivity index (χ0n) is 14.8. The predicted octanol–water partition coefficient (Wildman–Crippen LogP) is 4.53. The van der Waals surface area contributed by atoms with Crippen LogP contribution in [0.15, 0.2) is 59.5 Å². The lowest BCUT2D eigenvalue weighted by Gasteiger charge is -2.14. The first-order valence-corrected chi connectivity index (χ1v) is 9.85. The molecular weight excluding hydrogens is 374 g/mol. The molecule has 5 heteroatoms. The van der Waals surface area contributed by atoms with Crippen molar-refractivity contribution in [1.82, 2.24) is 4.90 Å². The highest BCUT2D eigenvalue weighted by atomic mass is 32.2. The summed E-state index contributed by atoms with van der Waals surface area (Å²) in [5.74, 6) is 3.11. The number of thioether (sulfide) groups is 1. The molecule has 0 bridgehead atoms. The summed E-state index contributed by atoms with van der Waals surface area (Å²) >= 11 is 6.75. The number of rotatable bonds is 7. The lowest BCUT2D eigenvalue weighted by Crippen LogP contribution is -2.29. The van der Waals surface area contributed by atoms with Crippen molar-refractivity contribution in [2.75, 3.05) is 13.2 Å². The molecule has 0 aliphatic carbocycles. The quantitative estimate of drug-likeness (QED) is 0.393. The molecule has 1 aliphatic rings. The maximum atomic E-state index is 12.7. The number of thiocarbonyl (C=S) groups is 1. The Kier molecular flexibility index (Phi) is 6.69. The molecule has 0 radical (unpaired) electrons. The number of aryl methyl sites for hydroxylation is 1. The van der Waals surface area contributed by atoms with Gasteiger partial charge in [0.05, 0.1) is 4.91 Å². The van der Waals surface area contributed by atoms with Gasteiger partial charge in [0.25, 0.3) is 5.91 Å². The van der Waals surface area contributed by atoms with Gasteiger partial charge in [-0.05, 0) is 42.2 Å². The van der Waals surface area contributed by atoms with Gasteiger partial charge in [0.15, 0.2) is 0 Å². The summed E-state index contributed by atoms with van der Waals surface area (Å²) in [5.41, 5.74) is 2.19. The first kappa shape index (κ1) is 19.2. The van der Waals surface area contributed by atoms with Crippen LogP contribution in [0.25, 0.3) is 6.08 Å². The van der Waals surface area contributed by atoms with Gasteiger partial charge in [0.2, 0.25) is 0 Å². The summed E-state index contributed by atoms with van der Waals surface area (Å²) in [4.78, 5) is 15.0. The molecule has 0 unspecified atom stereocenters. The third-order valence-electron chi connectivity index (χ3n) is 4.06. The van der Waals surface area contributed by atoms with Crippen LogP contribution in [0.1, 0.15) is 17.5 Å². The molecule has 1 amide bonds. The number of carbonyl (C=O) groups is 1. The SMILES string of the molecule is C#CCOc1ccc(/C=C2\SC(=S)N(CCCc3ccccc3)C2=O)cc1. The average molecular weight is 394 g/mol. The van der Waals surface area contributed by atoms with Crippen LogP contribution in [0.3, 0.4) is 0 Å². The molecule has 0 aromatic heterocycles. The van der Waals surface area contributed by atoms with E-state index in [1.165, 1.54) is 17.3 Å². The summed E-state index contributed by atoms with van der Waals surface area (Å²) in [6.07, 6.45) is 8.85. The van der Waals surface area contributed by atoms with E-state index in [2.05, 4.69) is 18.1 Å². The molecule has 3 nitrogen and oxygen atoms in total. The fraction of sp³-hybridized carbons (Fsp3) is 0.182. The number of ether oxygens (including phenoxy) is 1. The Balaban J connectivity index is 1.59. The monoisotopic (exact) mass is 393 g/mol. The highest BCUT2D eigenvalue weighted by Gasteiger charge is 2.31. The Bertz CT molecular complexity index is 883. The fourth-order valence-corrected chi connectivity index (χ4v) is 4.02. The molecule has 1 heterocycles. The first-order chi connectivity index (χ1) is 13.2. The third kappa shape index (κ3) is 5.22. The maximum absolute atomic E-state index is 12.7. The van der Waals surface area contributed by atoms with E-state index in [1.54, 1.807) is 4.90 Å². The Hall–Kier alpha value is -2.55. The molecule has 0 saturated carbocycles. The molecule has 1 saturated heterocycles. The van der Waals surface area contributed by atoms with E-state index >= 15 is 0 Å². The van der Waals surface area contributed by atoms with Crippen LogP contribution in [0.2, 0.25) is 0 Å². The summed E-state index contributed by atoms with van der Waals surface area (Å²) in [6.45, 7) is 0.872. The molecule has 3 rings (SSSR count). The van der Waals surface area contributed by atoms with Crippen LogP contribution in [-0.2, 0) is 11.2 Å². The highest BCUT2D eigenvalue weighted by molar-refractivity contribution is 8.26. The van der Waals surface area contributed by atoms with Crippen LogP contribution < -0.4 is 4.74 Å². The van der Waals surface area contributed by atoms with Crippen molar-refractivity contribution >= 4 is 40.3 Å². The summed E-state index contributed by atoms with van der Waals surface area (Å²) in [7, 11) is 0. The minimum Gasteiger partial charge on any atom is -0.481 e. The normalized spacial score (nSPS) is 15.2. The third-order valence-corrected chi connectivity index (χ3v) is 5.44. The zero-order chi connectivity index (χ0) is 19.1. The van der Waals surface area contributed by atoms with Gasteiger partial charge in [0.1, 0.15) is 16.7 Å². The van der Waals surface area contributed by atoms with Crippen molar-refractivity contribution in [2.24, 2.45) is 0 Å². The van der Waals surface area contributed by atoms with Gasteiger partial charge in [-0.2, -0.15) is 0 Å². The van der Waals surface area contributed by atoms with E-state index in [9.17, 15) is 4.79 Å². The molecule has 136 valence electrons. The Morgan fingerprint density at radius 1 is 1.15 bits per heavy atom. The second-order valence-corrected chi connectivity index (χ2v) is 7.66. The van der Waals surface area contributed by atoms with Crippen molar-refractivity contribution in [2.45, 2.75) is 12.8 Å². The van der Waals surface area contributed by atoms with Gasteiger partial charge < -0.3 is 4.74 Å². The van der Waals surface area contributed by atoms with Crippen LogP contribution >= 0.6 is 24.0 Å². The van der Waals surface area contributed by atoms with Crippen LogP contribution in [0, 0.1) is 12.3 Å². The van der Waals surface area contributed by atoms with Crippen LogP contribution in [0.4, 0.5) is 0 Å². The lowest BCUT2D eigenvalue weighted by atomic mass is 10.1.